The number of nitrogens with zero attached hydrogens (tertiary/aromatic N) is 2. The molecule has 6 heteroatoms. The molecule has 2 N–H and O–H groups in total. The van der Waals surface area contributed by atoms with Crippen molar-refractivity contribution >= 4 is 17.1 Å². The van der Waals surface area contributed by atoms with Crippen molar-refractivity contribution in [2.24, 2.45) is 0 Å². The second-order valence-electron chi connectivity index (χ2n) is 4.45. The number of aromatic nitrogens is 3. The lowest BCUT2D eigenvalue weighted by atomic mass is 10.1. The van der Waals surface area contributed by atoms with Crippen molar-refractivity contribution in [1.29, 1.82) is 0 Å². The Balaban J connectivity index is 2.12. The van der Waals surface area contributed by atoms with Gasteiger partial charge in [-0.15, -0.1) is 0 Å². The molecule has 0 saturated carbocycles. The van der Waals surface area contributed by atoms with Crippen LogP contribution < -0.4 is 0 Å². The maximum Gasteiger partial charge on any atom is 0.337 e. The minimum absolute atomic E-state index is 0.0720. The third kappa shape index (κ3) is 2.01. The maximum absolute atomic E-state index is 13.6. The molecule has 0 unspecified atom stereocenters. The number of hydrogen-bond donors (Lipinski definition) is 2. The predicted molar refractivity (Wildman–Crippen MR) is 71.0 cm³/mol. The molecular formula is C14H10FN3O2. The number of H-pyrrole nitrogens is 1. The number of nitrogens with one attached hydrogen (secondary N) is 1. The zero-order valence-electron chi connectivity index (χ0n) is 10.5. The molecule has 0 radical (unpaired) electrons. The Bertz CT molecular complexity index is 826. The molecule has 5 nitrogen and oxygen atoms in total. The normalized spacial score (nSPS) is 10.9. The SMILES string of the molecule is Cc1ccc(-c2nc3ncc(C(=O)O)cc3[nH]2)cc1F. The Hall–Kier alpha value is -2.76. The third-order valence-electron chi connectivity index (χ3n) is 3.03. The van der Waals surface area contributed by atoms with Crippen molar-refractivity contribution in [2.75, 3.05) is 0 Å². The van der Waals surface area contributed by atoms with Gasteiger partial charge in [-0.1, -0.05) is 12.1 Å². The first kappa shape index (κ1) is 12.3. The van der Waals surface area contributed by atoms with E-state index in [1.807, 2.05) is 0 Å². The smallest absolute Gasteiger partial charge is 0.337 e. The average molecular weight is 271 g/mol. The fourth-order valence-corrected chi connectivity index (χ4v) is 1.89. The van der Waals surface area contributed by atoms with E-state index in [1.54, 1.807) is 19.1 Å². The number of aromatic carboxylic acids is 1. The van der Waals surface area contributed by atoms with Crippen LogP contribution in [0.4, 0.5) is 4.39 Å². The van der Waals surface area contributed by atoms with E-state index in [0.717, 1.165) is 0 Å². The van der Waals surface area contributed by atoms with Gasteiger partial charge in [0.25, 0.3) is 0 Å². The summed E-state index contributed by atoms with van der Waals surface area (Å²) in [6.45, 7) is 1.68. The molecule has 0 aliphatic heterocycles. The van der Waals surface area contributed by atoms with Gasteiger partial charge in [-0.2, -0.15) is 0 Å². The number of aryl methyl sites for hydroxylation is 1. The van der Waals surface area contributed by atoms with Gasteiger partial charge >= 0.3 is 5.97 Å². The summed E-state index contributed by atoms with van der Waals surface area (Å²) in [4.78, 5) is 22.0. The summed E-state index contributed by atoms with van der Waals surface area (Å²) in [5.74, 6) is -0.923. The van der Waals surface area contributed by atoms with E-state index >= 15 is 0 Å². The van der Waals surface area contributed by atoms with Crippen LogP contribution in [-0.2, 0) is 0 Å². The van der Waals surface area contributed by atoms with Gasteiger partial charge in [-0.3, -0.25) is 0 Å². The number of halogens is 1. The lowest BCUT2D eigenvalue weighted by molar-refractivity contribution is 0.0696. The number of hydrogen-bond acceptors (Lipinski definition) is 3. The van der Waals surface area contributed by atoms with Gasteiger partial charge in [-0.25, -0.2) is 19.2 Å². The van der Waals surface area contributed by atoms with Crippen molar-refractivity contribution in [3.8, 4) is 11.4 Å². The Labute approximate surface area is 113 Å². The van der Waals surface area contributed by atoms with E-state index < -0.39 is 5.97 Å². The predicted octanol–water partition coefficient (Wildman–Crippen LogP) is 2.77. The summed E-state index contributed by atoms with van der Waals surface area (Å²) in [6.07, 6.45) is 1.24. The second-order valence-corrected chi connectivity index (χ2v) is 4.45. The minimum Gasteiger partial charge on any atom is -0.478 e. The number of carboxylic acids is 1. The molecule has 20 heavy (non-hydrogen) atoms. The average Bonchev–Trinajstić information content (AvgIpc) is 2.84. The minimum atomic E-state index is -1.06. The molecule has 0 atom stereocenters. The lowest BCUT2D eigenvalue weighted by Crippen LogP contribution is -1.96. The van der Waals surface area contributed by atoms with Crippen LogP contribution in [0.3, 0.4) is 0 Å². The monoisotopic (exact) mass is 271 g/mol. The molecule has 3 rings (SSSR count). The van der Waals surface area contributed by atoms with Gasteiger partial charge in [0.15, 0.2) is 5.65 Å². The molecule has 100 valence electrons. The van der Waals surface area contributed by atoms with E-state index in [-0.39, 0.29) is 11.4 Å². The van der Waals surface area contributed by atoms with Gasteiger partial charge in [-0.05, 0) is 24.6 Å². The van der Waals surface area contributed by atoms with Crippen molar-refractivity contribution in [2.45, 2.75) is 6.92 Å². The zero-order chi connectivity index (χ0) is 14.3. The van der Waals surface area contributed by atoms with E-state index in [2.05, 4.69) is 15.0 Å². The van der Waals surface area contributed by atoms with E-state index in [9.17, 15) is 9.18 Å². The molecular weight excluding hydrogens is 261 g/mol. The number of rotatable bonds is 2. The highest BCUT2D eigenvalue weighted by atomic mass is 19.1. The van der Waals surface area contributed by atoms with E-state index in [4.69, 9.17) is 5.11 Å². The van der Waals surface area contributed by atoms with Gasteiger partial charge in [0, 0.05) is 11.8 Å². The van der Waals surface area contributed by atoms with Crippen molar-refractivity contribution in [3.63, 3.8) is 0 Å². The number of aromatic amines is 1. The molecule has 0 bridgehead atoms. The Morgan fingerprint density at radius 3 is 2.85 bits per heavy atom. The zero-order valence-corrected chi connectivity index (χ0v) is 10.5. The Morgan fingerprint density at radius 1 is 1.35 bits per heavy atom. The fourth-order valence-electron chi connectivity index (χ4n) is 1.89. The number of carbonyl (C=O) groups is 1. The van der Waals surface area contributed by atoms with Crippen LogP contribution in [0.1, 0.15) is 15.9 Å². The first-order valence-corrected chi connectivity index (χ1v) is 5.90. The van der Waals surface area contributed by atoms with Crippen LogP contribution >= 0.6 is 0 Å². The highest BCUT2D eigenvalue weighted by molar-refractivity contribution is 5.91. The van der Waals surface area contributed by atoms with Gasteiger partial charge in [0.05, 0.1) is 11.1 Å². The molecule has 0 aliphatic rings. The first-order valence-electron chi connectivity index (χ1n) is 5.90. The highest BCUT2D eigenvalue weighted by Gasteiger charge is 2.11. The molecule has 2 heterocycles. The number of pyridine rings is 1. The molecule has 0 saturated heterocycles. The molecule has 1 aromatic carbocycles. The molecule has 0 spiro atoms. The van der Waals surface area contributed by atoms with Crippen LogP contribution in [0.2, 0.25) is 0 Å². The van der Waals surface area contributed by atoms with Crippen LogP contribution in [0.15, 0.2) is 30.5 Å². The van der Waals surface area contributed by atoms with Crippen molar-refractivity contribution in [1.82, 2.24) is 15.0 Å². The van der Waals surface area contributed by atoms with E-state index in [1.165, 1.54) is 18.3 Å². The van der Waals surface area contributed by atoms with E-state index in [0.29, 0.717) is 28.1 Å². The van der Waals surface area contributed by atoms with Crippen LogP contribution in [0, 0.1) is 12.7 Å². The summed E-state index contributed by atoms with van der Waals surface area (Å²) in [5, 5.41) is 8.91. The van der Waals surface area contributed by atoms with Gasteiger partial charge in [0.1, 0.15) is 11.6 Å². The Morgan fingerprint density at radius 2 is 2.15 bits per heavy atom. The molecule has 0 fully saturated rings. The lowest BCUT2D eigenvalue weighted by Gasteiger charge is -1.99. The summed E-state index contributed by atoms with van der Waals surface area (Å²) in [6, 6.07) is 6.24. The topological polar surface area (TPSA) is 78.9 Å². The van der Waals surface area contributed by atoms with Gasteiger partial charge in [0.2, 0.25) is 0 Å². The summed E-state index contributed by atoms with van der Waals surface area (Å²) in [5.41, 5.74) is 2.11. The van der Waals surface area contributed by atoms with Crippen molar-refractivity contribution < 1.29 is 14.3 Å². The van der Waals surface area contributed by atoms with Crippen molar-refractivity contribution in [3.05, 3.63) is 47.4 Å². The van der Waals surface area contributed by atoms with Crippen LogP contribution in [0.5, 0.6) is 0 Å². The quantitative estimate of drug-likeness (QED) is 0.751. The molecule has 2 aromatic heterocycles. The van der Waals surface area contributed by atoms with Crippen LogP contribution in [-0.4, -0.2) is 26.0 Å². The first-order chi connectivity index (χ1) is 9.54. The Kier molecular flexibility index (Phi) is 2.71. The number of benzene rings is 1. The third-order valence-corrected chi connectivity index (χ3v) is 3.03. The summed E-state index contributed by atoms with van der Waals surface area (Å²) >= 11 is 0. The van der Waals surface area contributed by atoms with Crippen LogP contribution in [0.25, 0.3) is 22.6 Å². The fraction of sp³-hybridized carbons (Fsp3) is 0.0714. The highest BCUT2D eigenvalue weighted by Crippen LogP contribution is 2.22. The largest absolute Gasteiger partial charge is 0.478 e. The molecule has 0 amide bonds. The van der Waals surface area contributed by atoms with Gasteiger partial charge < -0.3 is 10.1 Å². The molecule has 0 aliphatic carbocycles. The number of imidazole rings is 1. The summed E-state index contributed by atoms with van der Waals surface area (Å²) in [7, 11) is 0. The standard InChI is InChI=1S/C14H10FN3O2/c1-7-2-3-8(4-10(7)15)12-17-11-5-9(14(19)20)6-16-13(11)18-12/h2-6H,1H3,(H,19,20)(H,16,17,18). The number of carboxylic acid groups (broad SMARTS) is 1. The second kappa shape index (κ2) is 4.41. The number of fused-ring (bicyclic) bond motifs is 1. The summed E-state index contributed by atoms with van der Waals surface area (Å²) < 4.78 is 13.6. The maximum atomic E-state index is 13.6. The molecule has 3 aromatic rings.